The predicted molar refractivity (Wildman–Crippen MR) is 106 cm³/mol. The lowest BCUT2D eigenvalue weighted by molar-refractivity contribution is 0.0303. The first-order valence-electron chi connectivity index (χ1n) is 9.80. The molecule has 1 amide bonds. The predicted octanol–water partition coefficient (Wildman–Crippen LogP) is 3.99. The van der Waals surface area contributed by atoms with Crippen LogP contribution >= 0.6 is 0 Å². The number of carbonyl (C=O) groups excluding carboxylic acids is 1. The minimum absolute atomic E-state index is 0.116. The van der Waals surface area contributed by atoms with E-state index in [1.54, 1.807) is 0 Å². The smallest absolute Gasteiger partial charge is 0.254 e. The maximum Gasteiger partial charge on any atom is 0.254 e. The third kappa shape index (κ3) is 2.94. The summed E-state index contributed by atoms with van der Waals surface area (Å²) in [7, 11) is 0. The number of anilines is 1. The molecule has 0 spiro atoms. The van der Waals surface area contributed by atoms with Gasteiger partial charge in [0.1, 0.15) is 0 Å². The SMILES string of the molecule is O=C(c1ccc2c(c1)[C@H]1C=CC[C@H]1[C@H](c1ccccc1)N2)N1CCOCC1. The first-order chi connectivity index (χ1) is 13.3. The van der Waals surface area contributed by atoms with Gasteiger partial charge in [-0.05, 0) is 41.7 Å². The van der Waals surface area contributed by atoms with Gasteiger partial charge >= 0.3 is 0 Å². The molecule has 1 aliphatic carbocycles. The highest BCUT2D eigenvalue weighted by atomic mass is 16.5. The molecule has 5 rings (SSSR count). The maximum absolute atomic E-state index is 12.9. The molecule has 138 valence electrons. The number of hydrogen-bond donors (Lipinski definition) is 1. The van der Waals surface area contributed by atoms with Gasteiger partial charge in [0.15, 0.2) is 0 Å². The number of nitrogens with one attached hydrogen (secondary N) is 1. The van der Waals surface area contributed by atoms with Gasteiger partial charge in [0.2, 0.25) is 0 Å². The fraction of sp³-hybridized carbons (Fsp3) is 0.348. The Morgan fingerprint density at radius 3 is 2.70 bits per heavy atom. The van der Waals surface area contributed by atoms with Crippen LogP contribution in [0, 0.1) is 5.92 Å². The third-order valence-electron chi connectivity index (χ3n) is 6.07. The number of morpholine rings is 1. The quantitative estimate of drug-likeness (QED) is 0.824. The Balaban J connectivity index is 1.47. The number of amides is 1. The summed E-state index contributed by atoms with van der Waals surface area (Å²) in [6, 6.07) is 17.1. The first-order valence-corrected chi connectivity index (χ1v) is 9.80. The van der Waals surface area contributed by atoms with Gasteiger partial charge in [0.25, 0.3) is 5.91 Å². The van der Waals surface area contributed by atoms with E-state index in [1.807, 2.05) is 11.0 Å². The zero-order chi connectivity index (χ0) is 18.2. The van der Waals surface area contributed by atoms with Crippen molar-refractivity contribution in [3.8, 4) is 0 Å². The fourth-order valence-electron chi connectivity index (χ4n) is 4.67. The van der Waals surface area contributed by atoms with Crippen LogP contribution in [0.4, 0.5) is 5.69 Å². The largest absolute Gasteiger partial charge is 0.378 e. The first kappa shape index (κ1) is 16.6. The van der Waals surface area contributed by atoms with Crippen molar-refractivity contribution in [1.29, 1.82) is 0 Å². The number of fused-ring (bicyclic) bond motifs is 3. The molecular formula is C23H24N2O2. The highest BCUT2D eigenvalue weighted by molar-refractivity contribution is 5.95. The molecule has 0 saturated carbocycles. The number of ether oxygens (including phenoxy) is 1. The Morgan fingerprint density at radius 2 is 1.89 bits per heavy atom. The van der Waals surface area contributed by atoms with E-state index in [9.17, 15) is 4.79 Å². The standard InChI is InChI=1S/C23H24N2O2/c26-23(25-11-13-27-14-12-25)17-9-10-21-20(15-17)18-7-4-8-19(18)22(24-21)16-5-2-1-3-6-16/h1-7,9-10,15,18-19,22,24H,8,11-14H2/t18-,19+,22-/m0/s1. The molecule has 1 saturated heterocycles. The highest BCUT2D eigenvalue weighted by Gasteiger charge is 2.38. The van der Waals surface area contributed by atoms with Crippen molar-refractivity contribution >= 4 is 11.6 Å². The van der Waals surface area contributed by atoms with Crippen LogP contribution in [0.5, 0.6) is 0 Å². The van der Waals surface area contributed by atoms with E-state index in [1.165, 1.54) is 11.1 Å². The van der Waals surface area contributed by atoms with E-state index < -0.39 is 0 Å². The molecule has 0 radical (unpaired) electrons. The van der Waals surface area contributed by atoms with Crippen LogP contribution in [-0.2, 0) is 4.74 Å². The van der Waals surface area contributed by atoms with Crippen LogP contribution in [0.2, 0.25) is 0 Å². The van der Waals surface area contributed by atoms with E-state index in [0.29, 0.717) is 44.2 Å². The van der Waals surface area contributed by atoms with Crippen molar-refractivity contribution in [1.82, 2.24) is 4.90 Å². The molecule has 1 fully saturated rings. The number of benzene rings is 2. The molecule has 0 bridgehead atoms. The second-order valence-electron chi connectivity index (χ2n) is 7.59. The van der Waals surface area contributed by atoms with Crippen molar-refractivity contribution in [3.63, 3.8) is 0 Å². The summed E-state index contributed by atoms with van der Waals surface area (Å²) in [6.07, 6.45) is 5.68. The van der Waals surface area contributed by atoms with Crippen molar-refractivity contribution in [2.75, 3.05) is 31.6 Å². The monoisotopic (exact) mass is 360 g/mol. The maximum atomic E-state index is 12.9. The van der Waals surface area contributed by atoms with E-state index in [-0.39, 0.29) is 5.91 Å². The Kier molecular flexibility index (Phi) is 4.21. The Labute approximate surface area is 159 Å². The number of carbonyl (C=O) groups is 1. The van der Waals surface area contributed by atoms with Crippen LogP contribution in [-0.4, -0.2) is 37.1 Å². The van der Waals surface area contributed by atoms with Gasteiger partial charge in [0, 0.05) is 30.3 Å². The molecule has 0 aromatic heterocycles. The van der Waals surface area contributed by atoms with Crippen molar-refractivity contribution < 1.29 is 9.53 Å². The molecule has 2 heterocycles. The molecule has 4 heteroatoms. The fourth-order valence-corrected chi connectivity index (χ4v) is 4.67. The summed E-state index contributed by atoms with van der Waals surface area (Å²) < 4.78 is 5.37. The van der Waals surface area contributed by atoms with Gasteiger partial charge in [-0.2, -0.15) is 0 Å². The molecule has 1 N–H and O–H groups in total. The minimum Gasteiger partial charge on any atom is -0.378 e. The van der Waals surface area contributed by atoms with Crippen molar-refractivity contribution in [2.24, 2.45) is 5.92 Å². The average Bonchev–Trinajstić information content (AvgIpc) is 3.24. The number of hydrogen-bond acceptors (Lipinski definition) is 3. The van der Waals surface area contributed by atoms with E-state index in [4.69, 9.17) is 4.74 Å². The molecule has 3 aliphatic rings. The lowest BCUT2D eigenvalue weighted by atomic mass is 9.76. The minimum atomic E-state index is 0.116. The highest BCUT2D eigenvalue weighted by Crippen LogP contribution is 2.49. The summed E-state index contributed by atoms with van der Waals surface area (Å²) in [5, 5.41) is 3.75. The summed E-state index contributed by atoms with van der Waals surface area (Å²) in [6.45, 7) is 2.61. The van der Waals surface area contributed by atoms with Crippen LogP contribution in [0.3, 0.4) is 0 Å². The van der Waals surface area contributed by atoms with Gasteiger partial charge in [-0.1, -0.05) is 42.5 Å². The Bertz CT molecular complexity index is 871. The topological polar surface area (TPSA) is 41.6 Å². The number of rotatable bonds is 2. The van der Waals surface area contributed by atoms with Gasteiger partial charge in [-0.25, -0.2) is 0 Å². The average molecular weight is 360 g/mol. The zero-order valence-corrected chi connectivity index (χ0v) is 15.3. The van der Waals surface area contributed by atoms with Crippen LogP contribution in [0.25, 0.3) is 0 Å². The lowest BCUT2D eigenvalue weighted by Crippen LogP contribution is -2.40. The van der Waals surface area contributed by atoms with Gasteiger partial charge < -0.3 is 15.0 Å². The molecule has 3 atom stereocenters. The Hall–Kier alpha value is -2.59. The van der Waals surface area contributed by atoms with Gasteiger partial charge in [-0.15, -0.1) is 0 Å². The molecule has 4 nitrogen and oxygen atoms in total. The summed E-state index contributed by atoms with van der Waals surface area (Å²) in [4.78, 5) is 14.8. The van der Waals surface area contributed by atoms with Crippen LogP contribution in [0.1, 0.15) is 39.9 Å². The van der Waals surface area contributed by atoms with Crippen molar-refractivity contribution in [2.45, 2.75) is 18.4 Å². The number of allylic oxidation sites excluding steroid dienone is 2. The normalized spacial score (nSPS) is 26.2. The second kappa shape index (κ2) is 6.86. The zero-order valence-electron chi connectivity index (χ0n) is 15.3. The van der Waals surface area contributed by atoms with Gasteiger partial charge in [0.05, 0.1) is 19.3 Å². The molecule has 2 aromatic rings. The van der Waals surface area contributed by atoms with E-state index >= 15 is 0 Å². The number of nitrogens with zero attached hydrogens (tertiary/aromatic N) is 1. The Morgan fingerprint density at radius 1 is 1.07 bits per heavy atom. The summed E-state index contributed by atoms with van der Waals surface area (Å²) in [5.74, 6) is 0.974. The van der Waals surface area contributed by atoms with Gasteiger partial charge in [-0.3, -0.25) is 4.79 Å². The van der Waals surface area contributed by atoms with Crippen LogP contribution < -0.4 is 5.32 Å². The summed E-state index contributed by atoms with van der Waals surface area (Å²) >= 11 is 0. The van der Waals surface area contributed by atoms with E-state index in [0.717, 1.165) is 17.7 Å². The van der Waals surface area contributed by atoms with Crippen molar-refractivity contribution in [3.05, 3.63) is 77.4 Å². The molecule has 27 heavy (non-hydrogen) atoms. The third-order valence-corrected chi connectivity index (χ3v) is 6.07. The lowest BCUT2D eigenvalue weighted by Gasteiger charge is -2.38. The molecule has 2 aliphatic heterocycles. The van der Waals surface area contributed by atoms with E-state index in [2.05, 4.69) is 59.9 Å². The summed E-state index contributed by atoms with van der Waals surface area (Å²) in [5.41, 5.74) is 4.51. The molecule has 0 unspecified atom stereocenters. The molecule has 2 aromatic carbocycles. The molecular weight excluding hydrogens is 336 g/mol. The van der Waals surface area contributed by atoms with Crippen LogP contribution in [0.15, 0.2) is 60.7 Å². The second-order valence-corrected chi connectivity index (χ2v) is 7.59.